The lowest BCUT2D eigenvalue weighted by atomic mass is 9.86. The zero-order valence-electron chi connectivity index (χ0n) is 17.8. The molecule has 27 heavy (non-hydrogen) atoms. The number of aliphatic hydroxyl groups is 1. The lowest BCUT2D eigenvalue weighted by Crippen LogP contribution is -2.51. The van der Waals surface area contributed by atoms with Crippen LogP contribution in [0.1, 0.15) is 45.7 Å². The van der Waals surface area contributed by atoms with Gasteiger partial charge in [-0.1, -0.05) is 46.8 Å². The highest BCUT2D eigenvalue weighted by atomic mass is 16.5. The van der Waals surface area contributed by atoms with Gasteiger partial charge in [0.05, 0.1) is 0 Å². The monoisotopic (exact) mass is 376 g/mol. The summed E-state index contributed by atoms with van der Waals surface area (Å²) in [6.07, 6.45) is -0.543. The first-order valence-electron chi connectivity index (χ1n) is 10.0. The molecule has 1 saturated heterocycles. The number of aliphatic hydroxyl groups excluding tert-OH is 1. The van der Waals surface area contributed by atoms with Crippen LogP contribution in [0.25, 0.3) is 0 Å². The van der Waals surface area contributed by atoms with Crippen LogP contribution in [0.5, 0.6) is 5.75 Å². The average Bonchev–Trinajstić information content (AvgIpc) is 2.59. The van der Waals surface area contributed by atoms with Gasteiger partial charge in [-0.15, -0.1) is 0 Å². The number of hydrogen-bond acceptors (Lipinski definition) is 4. The fourth-order valence-electron chi connectivity index (χ4n) is 3.33. The summed E-state index contributed by atoms with van der Waals surface area (Å²) in [5, 5.41) is 10.4. The largest absolute Gasteiger partial charge is 0.491 e. The van der Waals surface area contributed by atoms with Crippen LogP contribution in [0.2, 0.25) is 0 Å². The lowest BCUT2D eigenvalue weighted by Gasteiger charge is -2.36. The van der Waals surface area contributed by atoms with Crippen molar-refractivity contribution < 1.29 is 14.6 Å². The van der Waals surface area contributed by atoms with E-state index in [4.69, 9.17) is 4.74 Å². The van der Waals surface area contributed by atoms with Crippen LogP contribution in [-0.4, -0.2) is 66.2 Å². The maximum Gasteiger partial charge on any atom is 0.225 e. The molecule has 1 fully saturated rings. The molecule has 0 bridgehead atoms. The first kappa shape index (κ1) is 21.7. The van der Waals surface area contributed by atoms with E-state index in [2.05, 4.69) is 37.8 Å². The summed E-state index contributed by atoms with van der Waals surface area (Å²) in [6.45, 7) is 16.4. The smallest absolute Gasteiger partial charge is 0.225 e. The fourth-order valence-corrected chi connectivity index (χ4v) is 3.33. The number of aryl methyl sites for hydroxylation is 1. The minimum atomic E-state index is -0.543. The normalized spacial score (nSPS) is 17.3. The van der Waals surface area contributed by atoms with Crippen molar-refractivity contribution in [2.45, 2.75) is 53.1 Å². The van der Waals surface area contributed by atoms with Crippen LogP contribution >= 0.6 is 0 Å². The van der Waals surface area contributed by atoms with Gasteiger partial charge in [-0.25, -0.2) is 0 Å². The molecule has 1 amide bonds. The molecule has 1 heterocycles. The molecule has 0 spiro atoms. The highest BCUT2D eigenvalue weighted by Crippen LogP contribution is 2.27. The number of amides is 1. The second-order valence-electron chi connectivity index (χ2n) is 8.98. The zero-order chi connectivity index (χ0) is 20.2. The quantitative estimate of drug-likeness (QED) is 0.829. The Morgan fingerprint density at radius 3 is 2.33 bits per heavy atom. The molecule has 1 aliphatic rings. The highest BCUT2D eigenvalue weighted by Gasteiger charge is 2.24. The van der Waals surface area contributed by atoms with E-state index >= 15 is 0 Å². The third-order valence-corrected chi connectivity index (χ3v) is 5.12. The molecule has 2 rings (SSSR count). The molecule has 5 heteroatoms. The molecule has 0 aliphatic carbocycles. The van der Waals surface area contributed by atoms with Crippen molar-refractivity contribution in [3.63, 3.8) is 0 Å². The number of carbonyl (C=O) groups is 1. The van der Waals surface area contributed by atoms with E-state index < -0.39 is 6.10 Å². The molecule has 0 unspecified atom stereocenters. The van der Waals surface area contributed by atoms with Gasteiger partial charge in [0.25, 0.3) is 0 Å². The molecule has 1 aliphatic heterocycles. The highest BCUT2D eigenvalue weighted by molar-refractivity contribution is 5.78. The maximum atomic E-state index is 12.0. The number of rotatable bonds is 6. The van der Waals surface area contributed by atoms with E-state index in [0.29, 0.717) is 6.54 Å². The van der Waals surface area contributed by atoms with Crippen LogP contribution in [0.3, 0.4) is 0 Å². The van der Waals surface area contributed by atoms with Crippen molar-refractivity contribution in [1.82, 2.24) is 9.80 Å². The standard InChI is InChI=1S/C22H36N2O3/c1-16(2)21(26)24-11-9-23(10-12-24)14-19(25)15-27-20-8-7-18(13-17(20)3)22(4,5)6/h7-8,13,16,19,25H,9-12,14-15H2,1-6H3/t19-/m0/s1. The molecule has 152 valence electrons. The SMILES string of the molecule is Cc1cc(C(C)(C)C)ccc1OC[C@@H](O)CN1CCN(C(=O)C(C)C)CC1. The van der Waals surface area contributed by atoms with E-state index in [1.807, 2.05) is 31.7 Å². The molecule has 0 saturated carbocycles. The Balaban J connectivity index is 1.79. The molecular weight excluding hydrogens is 340 g/mol. The Kier molecular flexibility index (Phi) is 7.29. The Hall–Kier alpha value is -1.59. The van der Waals surface area contributed by atoms with Gasteiger partial charge in [0.15, 0.2) is 0 Å². The van der Waals surface area contributed by atoms with Crippen molar-refractivity contribution in [2.75, 3.05) is 39.3 Å². The molecule has 0 aromatic heterocycles. The van der Waals surface area contributed by atoms with Gasteiger partial charge in [0.1, 0.15) is 18.5 Å². The van der Waals surface area contributed by atoms with Gasteiger partial charge in [0.2, 0.25) is 5.91 Å². The zero-order valence-corrected chi connectivity index (χ0v) is 17.8. The molecule has 1 N–H and O–H groups in total. The number of benzene rings is 1. The Morgan fingerprint density at radius 1 is 1.19 bits per heavy atom. The van der Waals surface area contributed by atoms with E-state index in [1.54, 1.807) is 0 Å². The summed E-state index contributed by atoms with van der Waals surface area (Å²) >= 11 is 0. The van der Waals surface area contributed by atoms with Gasteiger partial charge in [-0.3, -0.25) is 9.69 Å². The number of nitrogens with zero attached hydrogens (tertiary/aromatic N) is 2. The van der Waals surface area contributed by atoms with E-state index in [1.165, 1.54) is 5.56 Å². The molecule has 0 radical (unpaired) electrons. The van der Waals surface area contributed by atoms with E-state index in [-0.39, 0.29) is 23.8 Å². The van der Waals surface area contributed by atoms with Crippen LogP contribution in [0.4, 0.5) is 0 Å². The molecule has 1 atom stereocenters. The van der Waals surface area contributed by atoms with Crippen LogP contribution in [-0.2, 0) is 10.2 Å². The molecular formula is C22H36N2O3. The third kappa shape index (κ3) is 6.22. The summed E-state index contributed by atoms with van der Waals surface area (Å²) in [7, 11) is 0. The van der Waals surface area contributed by atoms with Crippen molar-refractivity contribution in [3.8, 4) is 5.75 Å². The molecule has 1 aromatic rings. The van der Waals surface area contributed by atoms with Gasteiger partial charge < -0.3 is 14.7 Å². The van der Waals surface area contributed by atoms with Crippen LogP contribution in [0, 0.1) is 12.8 Å². The number of ether oxygens (including phenoxy) is 1. The predicted molar refractivity (Wildman–Crippen MR) is 109 cm³/mol. The molecule has 1 aromatic carbocycles. The van der Waals surface area contributed by atoms with Crippen LogP contribution in [0.15, 0.2) is 18.2 Å². The second kappa shape index (κ2) is 9.07. The summed E-state index contributed by atoms with van der Waals surface area (Å²) < 4.78 is 5.86. The first-order chi connectivity index (χ1) is 12.6. The third-order valence-electron chi connectivity index (χ3n) is 5.12. The molecule has 5 nitrogen and oxygen atoms in total. The van der Waals surface area contributed by atoms with Gasteiger partial charge in [-0.2, -0.15) is 0 Å². The second-order valence-corrected chi connectivity index (χ2v) is 8.98. The summed E-state index contributed by atoms with van der Waals surface area (Å²) in [5.41, 5.74) is 2.49. The number of β-amino-alcohol motifs (C(OH)–C–C–N with tert-alkyl or cyclic N) is 1. The predicted octanol–water partition coefficient (Wildman–Crippen LogP) is 2.83. The Bertz CT molecular complexity index is 629. The minimum absolute atomic E-state index is 0.0449. The van der Waals surface area contributed by atoms with Gasteiger partial charge in [-0.05, 0) is 29.5 Å². The summed E-state index contributed by atoms with van der Waals surface area (Å²) in [5.74, 6) is 1.09. The Labute approximate surface area is 164 Å². The lowest BCUT2D eigenvalue weighted by molar-refractivity contribution is -0.136. The maximum absolute atomic E-state index is 12.0. The van der Waals surface area contributed by atoms with E-state index in [0.717, 1.165) is 37.5 Å². The van der Waals surface area contributed by atoms with E-state index in [9.17, 15) is 9.90 Å². The fraction of sp³-hybridized carbons (Fsp3) is 0.682. The van der Waals surface area contributed by atoms with Gasteiger partial charge >= 0.3 is 0 Å². The van der Waals surface area contributed by atoms with Crippen LogP contribution < -0.4 is 4.74 Å². The van der Waals surface area contributed by atoms with Crippen molar-refractivity contribution in [2.24, 2.45) is 5.92 Å². The topological polar surface area (TPSA) is 53.0 Å². The van der Waals surface area contributed by atoms with Crippen molar-refractivity contribution >= 4 is 5.91 Å². The summed E-state index contributed by atoms with van der Waals surface area (Å²) in [4.78, 5) is 16.2. The van der Waals surface area contributed by atoms with Crippen molar-refractivity contribution in [3.05, 3.63) is 29.3 Å². The Morgan fingerprint density at radius 2 is 1.81 bits per heavy atom. The van der Waals surface area contributed by atoms with Crippen molar-refractivity contribution in [1.29, 1.82) is 0 Å². The van der Waals surface area contributed by atoms with Gasteiger partial charge in [0, 0.05) is 38.6 Å². The minimum Gasteiger partial charge on any atom is -0.491 e. The average molecular weight is 377 g/mol. The number of carbonyl (C=O) groups excluding carboxylic acids is 1. The summed E-state index contributed by atoms with van der Waals surface area (Å²) in [6, 6.07) is 6.26. The number of hydrogen-bond donors (Lipinski definition) is 1. The number of piperazine rings is 1. The first-order valence-corrected chi connectivity index (χ1v) is 10.0.